The minimum Gasteiger partial charge on any atom is -0.497 e. The van der Waals surface area contributed by atoms with E-state index in [9.17, 15) is 24.0 Å². The van der Waals surface area contributed by atoms with Crippen LogP contribution in [0.5, 0.6) is 57.5 Å². The summed E-state index contributed by atoms with van der Waals surface area (Å²) in [6.45, 7) is 22.4. The molecule has 0 aliphatic heterocycles. The number of hydrogen-bond donors (Lipinski definition) is 0. The van der Waals surface area contributed by atoms with E-state index in [-0.39, 0.29) is 59.4 Å². The van der Waals surface area contributed by atoms with Crippen LogP contribution >= 0.6 is 0 Å². The molecule has 5 fully saturated rings. The van der Waals surface area contributed by atoms with E-state index in [2.05, 4.69) is 115 Å². The first-order valence-electron chi connectivity index (χ1n) is 53.6. The molecule has 10 aromatic carbocycles. The molecule has 0 atom stereocenters. The lowest BCUT2D eigenvalue weighted by atomic mass is 9.81. The van der Waals surface area contributed by atoms with Crippen molar-refractivity contribution in [2.45, 2.75) is 261 Å². The smallest absolute Gasteiger partial charge is 0.314 e. The second-order valence-electron chi connectivity index (χ2n) is 38.5. The van der Waals surface area contributed by atoms with Gasteiger partial charge in [0.25, 0.3) is 0 Å². The number of rotatable bonds is 30. The van der Waals surface area contributed by atoms with Crippen LogP contribution in [0.25, 0.3) is 0 Å². The van der Waals surface area contributed by atoms with E-state index in [1.807, 2.05) is 250 Å². The third-order valence-electron chi connectivity index (χ3n) is 28.0. The molecular weight excluding hydrogens is 1800 g/mol. The highest BCUT2D eigenvalue weighted by atomic mass is 16.6. The van der Waals surface area contributed by atoms with Crippen LogP contribution in [0.4, 0.5) is 0 Å². The summed E-state index contributed by atoms with van der Waals surface area (Å²) in [5, 5.41) is 0. The van der Waals surface area contributed by atoms with Crippen molar-refractivity contribution in [2.75, 3.05) is 33.5 Å². The van der Waals surface area contributed by atoms with E-state index < -0.39 is 0 Å². The van der Waals surface area contributed by atoms with E-state index in [4.69, 9.17) is 47.4 Å². The summed E-state index contributed by atoms with van der Waals surface area (Å²) in [5.41, 5.74) is 9.12. The van der Waals surface area contributed by atoms with Crippen LogP contribution in [0, 0.1) is 118 Å². The van der Waals surface area contributed by atoms with Crippen molar-refractivity contribution in [3.05, 3.63) is 298 Å². The van der Waals surface area contributed by atoms with Crippen LogP contribution in [-0.2, 0) is 24.0 Å². The number of unbranched alkanes of at least 4 members (excludes halogenated alkanes) is 3. The molecule has 0 heterocycles. The van der Waals surface area contributed by atoms with Gasteiger partial charge < -0.3 is 47.4 Å². The summed E-state index contributed by atoms with van der Waals surface area (Å²) < 4.78 is 55.5. The van der Waals surface area contributed by atoms with Crippen molar-refractivity contribution in [1.82, 2.24) is 0 Å². The van der Waals surface area contributed by atoms with Gasteiger partial charge in [-0.15, -0.1) is 0 Å². The zero-order valence-corrected chi connectivity index (χ0v) is 87.2. The van der Waals surface area contributed by atoms with Crippen LogP contribution in [0.15, 0.2) is 243 Å². The van der Waals surface area contributed by atoms with Gasteiger partial charge in [-0.05, 0) is 427 Å². The van der Waals surface area contributed by atoms with Gasteiger partial charge in [0, 0.05) is 55.6 Å². The van der Waals surface area contributed by atoms with Crippen molar-refractivity contribution >= 4 is 29.8 Å². The monoisotopic (exact) mass is 1950 g/mol. The largest absolute Gasteiger partial charge is 0.497 e. The molecule has 145 heavy (non-hydrogen) atoms. The van der Waals surface area contributed by atoms with Gasteiger partial charge in [0.15, 0.2) is 0 Å². The summed E-state index contributed by atoms with van der Waals surface area (Å²) in [7, 11) is 1.64. The predicted molar refractivity (Wildman–Crippen MR) is 580 cm³/mol. The molecular formula is C130H150O15. The molecule has 5 aliphatic carbocycles. The van der Waals surface area contributed by atoms with Gasteiger partial charge in [-0.3, -0.25) is 24.0 Å². The molecule has 0 radical (unpaired) electrons. The minimum absolute atomic E-state index is 0.0425. The number of hydrogen-bond acceptors (Lipinski definition) is 15. The summed E-state index contributed by atoms with van der Waals surface area (Å²) in [6, 6.07) is 76.0. The van der Waals surface area contributed by atoms with Crippen LogP contribution in [0.3, 0.4) is 0 Å². The van der Waals surface area contributed by atoms with Gasteiger partial charge in [0.1, 0.15) is 57.5 Å². The molecule has 15 rings (SSSR count). The van der Waals surface area contributed by atoms with E-state index >= 15 is 0 Å². The van der Waals surface area contributed by atoms with E-state index in [1.165, 1.54) is 44.9 Å². The fourth-order valence-corrected chi connectivity index (χ4v) is 18.3. The number of methoxy groups -OCH3 is 1. The molecule has 0 unspecified atom stereocenters. The molecule has 0 amide bonds. The first-order chi connectivity index (χ1) is 70.9. The zero-order valence-electron chi connectivity index (χ0n) is 87.2. The molecule has 0 spiro atoms. The maximum absolute atomic E-state index is 12.4. The topological polar surface area (TPSA) is 178 Å². The highest BCUT2D eigenvalue weighted by molar-refractivity contribution is 5.78. The molecule has 0 saturated heterocycles. The van der Waals surface area contributed by atoms with E-state index in [0.717, 1.165) is 288 Å². The third kappa shape index (κ3) is 40.1. The van der Waals surface area contributed by atoms with Crippen LogP contribution < -0.4 is 47.4 Å². The molecule has 0 N–H and O–H groups in total. The molecule has 10 aromatic rings. The van der Waals surface area contributed by atoms with Gasteiger partial charge in [-0.1, -0.05) is 166 Å². The summed E-state index contributed by atoms with van der Waals surface area (Å²) in [5.74, 6) is 42.4. The second kappa shape index (κ2) is 62.8. The maximum atomic E-state index is 12.4. The standard InChI is InChI=1S/C28H34O3.C27H32O3.C26H30O3.C25H28O3.C24H26O3/c1-3-5-6-21-30-26-17-11-23(12-18-26)7-8-24-13-19-27(20-14-24)31-28(29)25-15-9-22(4-2)10-16-25;1-3-5-20-29-25-16-10-22(11-17-25)6-7-23-12-18-26(19-13-23)30-27(28)24-14-8-21(4-2)9-15-24;1-3-19-28-24-15-9-21(10-16-24)5-6-22-11-17-25(18-12-22)29-26(27)23-13-7-20(4-2)8-14-23;1-3-19-7-13-22(14-8-19)25(26)28-24-17-11-21(12-18-24)6-5-20-9-15-23(16-10-20)27-4-2;1-3-18-6-12-21(13-7-18)24(25)27-23-16-10-20(11-17-23)5-4-19-8-14-22(26-2)15-9-19/h11-14,17-20,22,25H,3-6,9-10,15-16,21H2,1-2H3;10-13,16-19,21,24H,3-5,8-9,14-15,20H2,1-2H3;9-12,15-18,20,23H,3-4,7-8,13-14,19H2,1-2H3;9-12,15-19,22H,3-4,7-8,13-14H2,1-2H3;8-11,14-18,21H,3,6-7,12-13H2,1-2H3. The number of benzene rings is 10. The maximum Gasteiger partial charge on any atom is 0.314 e. The molecule has 5 saturated carbocycles. The van der Waals surface area contributed by atoms with Gasteiger partial charge in [-0.25, -0.2) is 0 Å². The Morgan fingerprint density at radius 3 is 0.545 bits per heavy atom. The van der Waals surface area contributed by atoms with Crippen LogP contribution in [0.2, 0.25) is 0 Å². The average molecular weight is 1950 g/mol. The molecule has 15 nitrogen and oxygen atoms in total. The fraction of sp³-hybridized carbons (Fsp3) is 0.423. The molecule has 5 aliphatic rings. The highest BCUT2D eigenvalue weighted by Gasteiger charge is 2.32. The summed E-state index contributed by atoms with van der Waals surface area (Å²) in [4.78, 5) is 61.9. The molecule has 760 valence electrons. The Balaban J connectivity index is 0.000000173. The Morgan fingerprint density at radius 1 is 0.200 bits per heavy atom. The van der Waals surface area contributed by atoms with Crippen molar-refractivity contribution in [1.29, 1.82) is 0 Å². The zero-order chi connectivity index (χ0) is 102. The van der Waals surface area contributed by atoms with Crippen molar-refractivity contribution < 1.29 is 71.3 Å². The van der Waals surface area contributed by atoms with Crippen LogP contribution in [-0.4, -0.2) is 63.4 Å². The highest BCUT2D eigenvalue weighted by Crippen LogP contribution is 2.38. The van der Waals surface area contributed by atoms with Crippen molar-refractivity contribution in [2.24, 2.45) is 59.2 Å². The predicted octanol–water partition coefficient (Wildman–Crippen LogP) is 30.0. The Kier molecular flexibility index (Phi) is 48.4. The fourth-order valence-electron chi connectivity index (χ4n) is 18.3. The Hall–Kier alpha value is -13.7. The van der Waals surface area contributed by atoms with Crippen molar-refractivity contribution in [3.8, 4) is 117 Å². The first-order valence-corrected chi connectivity index (χ1v) is 53.6. The number of carbonyl (C=O) groups is 5. The van der Waals surface area contributed by atoms with Gasteiger partial charge in [0.05, 0.1) is 63.1 Å². The second-order valence-corrected chi connectivity index (χ2v) is 38.5. The lowest BCUT2D eigenvalue weighted by molar-refractivity contribution is -0.141. The van der Waals surface area contributed by atoms with E-state index in [1.54, 1.807) is 7.11 Å². The quantitative estimate of drug-likeness (QED) is 0.0180. The van der Waals surface area contributed by atoms with Gasteiger partial charge in [0.2, 0.25) is 0 Å². The average Bonchev–Trinajstić information content (AvgIpc) is 0.868. The molecule has 15 heteroatoms. The van der Waals surface area contributed by atoms with Crippen LogP contribution in [0.1, 0.15) is 317 Å². The SMILES string of the molecule is CCC1CCC(C(=O)Oc2ccc(C#Cc3ccc(OC)cc3)cc2)CC1.CCCCCOc1ccc(C#Cc2ccc(OC(=O)C3CCC(CC)CC3)cc2)cc1.CCCCOc1ccc(C#Cc2ccc(OC(=O)C3CCC(CC)CC3)cc2)cc1.CCCOc1ccc(C#Cc2ccc(OC(=O)C3CCC(CC)CC3)cc2)cc1.CCOc1ccc(C#Cc2ccc(OC(=O)C3CCC(CC)CC3)cc2)cc1. The first kappa shape index (κ1) is 112. The van der Waals surface area contributed by atoms with Gasteiger partial charge in [-0.2, -0.15) is 0 Å². The Bertz CT molecular complexity index is 5870. The molecule has 0 aromatic heterocycles. The van der Waals surface area contributed by atoms with Gasteiger partial charge >= 0.3 is 29.8 Å². The minimum atomic E-state index is -0.0957. The Morgan fingerprint density at radius 2 is 0.372 bits per heavy atom. The summed E-state index contributed by atoms with van der Waals surface area (Å²) >= 11 is 0. The third-order valence-corrected chi connectivity index (χ3v) is 28.0. The number of carbonyl (C=O) groups excluding carboxylic acids is 5. The molecule has 0 bridgehead atoms. The van der Waals surface area contributed by atoms with Crippen molar-refractivity contribution in [3.63, 3.8) is 0 Å². The summed E-state index contributed by atoms with van der Waals surface area (Å²) in [6.07, 6.45) is 33.5. The number of esters is 5. The number of ether oxygens (including phenoxy) is 10. The van der Waals surface area contributed by atoms with E-state index in [0.29, 0.717) is 35.4 Å². The lowest BCUT2D eigenvalue weighted by Gasteiger charge is -2.26. The Labute approximate surface area is 864 Å². The normalized spacial score (nSPS) is 18.4. The lowest BCUT2D eigenvalue weighted by Crippen LogP contribution is -2.25.